The lowest BCUT2D eigenvalue weighted by Gasteiger charge is -2.28. The predicted octanol–water partition coefficient (Wildman–Crippen LogP) is 2.41. The van der Waals surface area contributed by atoms with Crippen molar-refractivity contribution in [3.63, 3.8) is 0 Å². The molecule has 2 rings (SSSR count). The third-order valence-corrected chi connectivity index (χ3v) is 7.63. The molecule has 27 heavy (non-hydrogen) atoms. The second-order valence-electron chi connectivity index (χ2n) is 6.38. The van der Waals surface area contributed by atoms with Crippen molar-refractivity contribution in [1.82, 2.24) is 4.90 Å². The lowest BCUT2D eigenvalue weighted by atomic mass is 10.1. The van der Waals surface area contributed by atoms with E-state index >= 15 is 0 Å². The van der Waals surface area contributed by atoms with E-state index in [1.807, 2.05) is 6.92 Å². The van der Waals surface area contributed by atoms with Crippen LogP contribution < -0.4 is 0 Å². The van der Waals surface area contributed by atoms with Gasteiger partial charge in [-0.1, -0.05) is 13.3 Å². The summed E-state index contributed by atoms with van der Waals surface area (Å²) in [5.74, 6) is -0.694. The van der Waals surface area contributed by atoms with Crippen LogP contribution in [0.4, 0.5) is 13.2 Å². The molecule has 1 heterocycles. The smallest absolute Gasteiger partial charge is 0.335 e. The van der Waals surface area contributed by atoms with Crippen molar-refractivity contribution < 1.29 is 34.8 Å². The van der Waals surface area contributed by atoms with E-state index in [1.54, 1.807) is 0 Å². The van der Waals surface area contributed by atoms with Crippen LogP contribution in [0.3, 0.4) is 0 Å². The highest BCUT2D eigenvalue weighted by Gasteiger charge is 2.46. The predicted molar refractivity (Wildman–Crippen MR) is 92.7 cm³/mol. The molecular weight excluding hydrogens is 407 g/mol. The van der Waals surface area contributed by atoms with Gasteiger partial charge in [-0.05, 0) is 37.1 Å². The van der Waals surface area contributed by atoms with Crippen LogP contribution in [0, 0.1) is 0 Å². The largest absolute Gasteiger partial charge is 0.501 e. The topological polar surface area (TPSA) is 88.6 Å². The van der Waals surface area contributed by atoms with Gasteiger partial charge in [-0.3, -0.25) is 4.79 Å². The van der Waals surface area contributed by atoms with E-state index in [9.17, 15) is 34.8 Å². The molecule has 1 aliphatic heterocycles. The molecule has 1 amide bonds. The van der Waals surface area contributed by atoms with E-state index in [1.165, 1.54) is 4.90 Å². The van der Waals surface area contributed by atoms with Crippen molar-refractivity contribution in [3.8, 4) is 0 Å². The van der Waals surface area contributed by atoms with Gasteiger partial charge in [0.1, 0.15) is 0 Å². The highest BCUT2D eigenvalue weighted by atomic mass is 32.2. The molecule has 0 radical (unpaired) electrons. The molecule has 0 saturated carbocycles. The molecule has 1 saturated heterocycles. The fourth-order valence-corrected chi connectivity index (χ4v) is 5.37. The summed E-state index contributed by atoms with van der Waals surface area (Å²) >= 11 is 0. The molecule has 1 aromatic carbocycles. The Kier molecular flexibility index (Phi) is 6.25. The van der Waals surface area contributed by atoms with Gasteiger partial charge in [0.15, 0.2) is 9.84 Å². The summed E-state index contributed by atoms with van der Waals surface area (Å²) in [6.45, 7) is 2.23. The first-order chi connectivity index (χ1) is 12.4. The third kappa shape index (κ3) is 4.81. The molecule has 1 aliphatic rings. The Morgan fingerprint density at radius 1 is 1.22 bits per heavy atom. The van der Waals surface area contributed by atoms with Gasteiger partial charge in [0.05, 0.1) is 16.4 Å². The quantitative estimate of drug-likeness (QED) is 0.696. The van der Waals surface area contributed by atoms with Crippen LogP contribution in [0.2, 0.25) is 0 Å². The minimum absolute atomic E-state index is 0.0107. The number of halogens is 3. The SMILES string of the molecule is CCCCN(C(=O)c1ccc(S(=O)(=O)C(F)(F)F)cc1)C1CCS(=O)(=O)C1. The molecule has 1 unspecified atom stereocenters. The number of hydrogen-bond donors (Lipinski definition) is 0. The molecule has 0 bridgehead atoms. The summed E-state index contributed by atoms with van der Waals surface area (Å²) in [7, 11) is -8.71. The van der Waals surface area contributed by atoms with Crippen molar-refractivity contribution >= 4 is 25.6 Å². The number of rotatable bonds is 6. The summed E-state index contributed by atoms with van der Waals surface area (Å²) in [4.78, 5) is 13.2. The van der Waals surface area contributed by atoms with Crippen LogP contribution in [0.5, 0.6) is 0 Å². The number of nitrogens with zero attached hydrogens (tertiary/aromatic N) is 1. The Morgan fingerprint density at radius 2 is 1.81 bits per heavy atom. The zero-order valence-electron chi connectivity index (χ0n) is 14.6. The van der Waals surface area contributed by atoms with Crippen LogP contribution in [-0.4, -0.2) is 57.2 Å². The molecule has 0 N–H and O–H groups in total. The molecular formula is C16H20F3NO5S2. The standard InChI is InChI=1S/C16H20F3NO5S2/c1-2-3-9-20(13-8-10-26(22,23)11-13)15(21)12-4-6-14(7-5-12)27(24,25)16(17,18)19/h4-7,13H,2-3,8-11H2,1H3. The van der Waals surface area contributed by atoms with Crippen molar-refractivity contribution in [2.24, 2.45) is 0 Å². The second kappa shape index (κ2) is 7.78. The van der Waals surface area contributed by atoms with Gasteiger partial charge < -0.3 is 4.90 Å². The van der Waals surface area contributed by atoms with Crippen LogP contribution >= 0.6 is 0 Å². The fraction of sp³-hybridized carbons (Fsp3) is 0.562. The van der Waals surface area contributed by atoms with Gasteiger partial charge in [0.25, 0.3) is 15.7 Å². The van der Waals surface area contributed by atoms with Crippen molar-refractivity contribution in [3.05, 3.63) is 29.8 Å². The molecule has 1 atom stereocenters. The fourth-order valence-electron chi connectivity index (χ4n) is 2.88. The Bertz CT molecular complexity index is 893. The third-order valence-electron chi connectivity index (χ3n) is 4.38. The van der Waals surface area contributed by atoms with Gasteiger partial charge in [0, 0.05) is 18.2 Å². The first kappa shape index (κ1) is 21.7. The van der Waals surface area contributed by atoms with Crippen LogP contribution in [-0.2, 0) is 19.7 Å². The van der Waals surface area contributed by atoms with E-state index in [2.05, 4.69) is 0 Å². The lowest BCUT2D eigenvalue weighted by Crippen LogP contribution is -2.41. The number of carbonyl (C=O) groups excluding carboxylic acids is 1. The summed E-state index contributed by atoms with van der Waals surface area (Å²) in [6.07, 6.45) is 1.72. The Labute approximate surface area is 156 Å². The van der Waals surface area contributed by atoms with E-state index in [-0.39, 0.29) is 17.1 Å². The van der Waals surface area contributed by atoms with Crippen molar-refractivity contribution in [2.45, 2.75) is 42.6 Å². The maximum absolute atomic E-state index is 12.8. The maximum Gasteiger partial charge on any atom is 0.501 e. The van der Waals surface area contributed by atoms with E-state index < -0.39 is 42.0 Å². The summed E-state index contributed by atoms with van der Waals surface area (Å²) < 4.78 is 84.0. The van der Waals surface area contributed by atoms with Gasteiger partial charge in [0.2, 0.25) is 0 Å². The number of carbonyl (C=O) groups is 1. The average Bonchev–Trinajstić information content (AvgIpc) is 2.94. The van der Waals surface area contributed by atoms with Crippen molar-refractivity contribution in [1.29, 1.82) is 0 Å². The molecule has 0 aromatic heterocycles. The number of amides is 1. The maximum atomic E-state index is 12.8. The van der Waals surface area contributed by atoms with E-state index in [4.69, 9.17) is 0 Å². The monoisotopic (exact) mass is 427 g/mol. The summed E-state index contributed by atoms with van der Waals surface area (Å²) in [5.41, 5.74) is -5.42. The van der Waals surface area contributed by atoms with Crippen LogP contribution in [0.25, 0.3) is 0 Å². The van der Waals surface area contributed by atoms with Gasteiger partial charge in [-0.25, -0.2) is 16.8 Å². The molecule has 152 valence electrons. The molecule has 0 aliphatic carbocycles. The first-order valence-corrected chi connectivity index (χ1v) is 11.6. The minimum Gasteiger partial charge on any atom is -0.335 e. The lowest BCUT2D eigenvalue weighted by molar-refractivity contribution is -0.0436. The van der Waals surface area contributed by atoms with Gasteiger partial charge in [-0.2, -0.15) is 13.2 Å². The van der Waals surface area contributed by atoms with Crippen molar-refractivity contribution in [2.75, 3.05) is 18.1 Å². The molecule has 0 spiro atoms. The summed E-state index contributed by atoms with van der Waals surface area (Å²) in [5, 5.41) is 0. The molecule has 1 aromatic rings. The molecule has 1 fully saturated rings. The summed E-state index contributed by atoms with van der Waals surface area (Å²) in [6, 6.07) is 3.01. The average molecular weight is 427 g/mol. The van der Waals surface area contributed by atoms with E-state index in [0.717, 1.165) is 30.7 Å². The highest BCUT2D eigenvalue weighted by Crippen LogP contribution is 2.30. The number of alkyl halides is 3. The minimum atomic E-state index is -5.49. The number of unbranched alkanes of at least 4 members (excludes halogenated alkanes) is 1. The van der Waals surface area contributed by atoms with Gasteiger partial charge in [-0.15, -0.1) is 0 Å². The Hall–Kier alpha value is -1.62. The number of sulfone groups is 2. The zero-order valence-corrected chi connectivity index (χ0v) is 16.2. The Morgan fingerprint density at radius 3 is 2.26 bits per heavy atom. The second-order valence-corrected chi connectivity index (χ2v) is 10.6. The normalized spacial score (nSPS) is 19.8. The van der Waals surface area contributed by atoms with Crippen LogP contribution in [0.15, 0.2) is 29.2 Å². The molecule has 11 heteroatoms. The number of benzene rings is 1. The number of hydrogen-bond acceptors (Lipinski definition) is 5. The van der Waals surface area contributed by atoms with Gasteiger partial charge >= 0.3 is 5.51 Å². The Balaban J connectivity index is 2.28. The van der Waals surface area contributed by atoms with E-state index in [0.29, 0.717) is 19.4 Å². The molecule has 6 nitrogen and oxygen atoms in total. The highest BCUT2D eigenvalue weighted by molar-refractivity contribution is 7.92. The van der Waals surface area contributed by atoms with Crippen LogP contribution in [0.1, 0.15) is 36.5 Å². The zero-order chi connectivity index (χ0) is 20.5. The first-order valence-electron chi connectivity index (χ1n) is 8.32.